The predicted octanol–water partition coefficient (Wildman–Crippen LogP) is 21.8. The van der Waals surface area contributed by atoms with Gasteiger partial charge in [-0.25, -0.2) is 0 Å². The lowest BCUT2D eigenvalue weighted by molar-refractivity contribution is -0.870. The lowest BCUT2D eigenvalue weighted by Crippen LogP contribution is -2.37. The zero-order valence-corrected chi connectivity index (χ0v) is 55.1. The standard InChI is InChI=1S/C71H134NO8P/c1-6-8-10-12-14-16-18-20-22-24-26-28-30-32-34-35-36-37-38-40-42-44-46-48-50-52-54-56-58-60-62-64-71(74)80-69(68-79-81(75,76)78-66-65-72(3,4)5)67-77-70(73)63-61-59-57-55-53-51-49-47-45-43-41-39-33-31-29-27-25-23-21-19-17-15-13-11-9-7-2/h8,10,14,16,20,22,26,28,69H,6-7,9,11-13,15,17-19,21,23-25,27,29-68H2,1-5H3/b10-8-,16-14-,22-20-,28-26-. The zero-order chi connectivity index (χ0) is 59.1. The molecule has 0 radical (unpaired) electrons. The first-order valence-electron chi connectivity index (χ1n) is 34.8. The first kappa shape index (κ1) is 79.0. The minimum Gasteiger partial charge on any atom is -0.756 e. The van der Waals surface area contributed by atoms with Gasteiger partial charge in [0.25, 0.3) is 7.82 Å². The molecule has 0 bridgehead atoms. The Balaban J connectivity index is 4.00. The van der Waals surface area contributed by atoms with Crippen LogP contribution in [0.4, 0.5) is 0 Å². The molecule has 0 rings (SSSR count). The second-order valence-corrected chi connectivity index (χ2v) is 26.3. The molecule has 81 heavy (non-hydrogen) atoms. The van der Waals surface area contributed by atoms with E-state index in [1.807, 2.05) is 21.1 Å². The average Bonchev–Trinajstić information content (AvgIpc) is 3.43. The van der Waals surface area contributed by atoms with Crippen molar-refractivity contribution in [1.82, 2.24) is 0 Å². The van der Waals surface area contributed by atoms with Crippen molar-refractivity contribution in [2.24, 2.45) is 0 Å². The molecule has 0 aliphatic heterocycles. The Hall–Kier alpha value is -2.03. The molecular weight excluding hydrogens is 1030 g/mol. The molecule has 0 saturated carbocycles. The number of ether oxygens (including phenoxy) is 2. The summed E-state index contributed by atoms with van der Waals surface area (Å²) in [4.78, 5) is 38.1. The number of phosphoric acid groups is 1. The third-order valence-electron chi connectivity index (χ3n) is 15.6. The summed E-state index contributed by atoms with van der Waals surface area (Å²) in [5.74, 6) is -0.812. The number of carbonyl (C=O) groups is 2. The number of likely N-dealkylation sites (N-methyl/N-ethyl adjacent to an activating group) is 1. The monoisotopic (exact) mass is 1160 g/mol. The molecule has 9 nitrogen and oxygen atoms in total. The van der Waals surface area contributed by atoms with E-state index in [0.29, 0.717) is 17.4 Å². The fraction of sp³-hybridized carbons (Fsp3) is 0.859. The Morgan fingerprint density at radius 3 is 1.05 bits per heavy atom. The van der Waals surface area contributed by atoms with Crippen molar-refractivity contribution in [1.29, 1.82) is 0 Å². The molecule has 0 aromatic rings. The van der Waals surface area contributed by atoms with E-state index < -0.39 is 26.5 Å². The number of unbranched alkanes of at least 4 members (excludes halogenated alkanes) is 43. The molecular formula is C71H134NO8P. The van der Waals surface area contributed by atoms with Crippen molar-refractivity contribution in [2.45, 2.75) is 347 Å². The van der Waals surface area contributed by atoms with Crippen LogP contribution in [-0.2, 0) is 32.7 Å². The van der Waals surface area contributed by atoms with Crippen LogP contribution in [0.25, 0.3) is 0 Å². The van der Waals surface area contributed by atoms with Gasteiger partial charge in [0, 0.05) is 12.8 Å². The highest BCUT2D eigenvalue weighted by atomic mass is 31.2. The normalized spacial score (nSPS) is 13.4. The van der Waals surface area contributed by atoms with Gasteiger partial charge in [0.15, 0.2) is 6.10 Å². The van der Waals surface area contributed by atoms with Gasteiger partial charge in [0.05, 0.1) is 27.7 Å². The molecule has 0 aliphatic rings. The highest BCUT2D eigenvalue weighted by molar-refractivity contribution is 7.45. The van der Waals surface area contributed by atoms with Crippen LogP contribution in [0, 0.1) is 0 Å². The van der Waals surface area contributed by atoms with E-state index in [1.54, 1.807) is 0 Å². The molecule has 0 spiro atoms. The van der Waals surface area contributed by atoms with Crippen LogP contribution in [0.2, 0.25) is 0 Å². The van der Waals surface area contributed by atoms with Gasteiger partial charge in [-0.3, -0.25) is 14.2 Å². The van der Waals surface area contributed by atoms with Gasteiger partial charge in [-0.15, -0.1) is 0 Å². The van der Waals surface area contributed by atoms with E-state index in [4.69, 9.17) is 18.5 Å². The lowest BCUT2D eigenvalue weighted by atomic mass is 10.0. The molecule has 0 aromatic carbocycles. The van der Waals surface area contributed by atoms with Gasteiger partial charge < -0.3 is 27.9 Å². The Morgan fingerprint density at radius 2 is 0.704 bits per heavy atom. The second kappa shape index (κ2) is 62.5. The highest BCUT2D eigenvalue weighted by Gasteiger charge is 2.22. The molecule has 0 N–H and O–H groups in total. The zero-order valence-electron chi connectivity index (χ0n) is 54.2. The summed E-state index contributed by atoms with van der Waals surface area (Å²) < 4.78 is 34.3. The number of hydrogen-bond donors (Lipinski definition) is 0. The largest absolute Gasteiger partial charge is 0.756 e. The SMILES string of the molecule is CC/C=C\C/C=C\C/C=C\C/C=C\CCCCCCCCCCCCCCCCCCCCC(=O)OC(COC(=O)CCCCCCCCCCCCCCCCCCCCCCCCCCCC)COP(=O)([O-])OCC[N+](C)(C)C. The number of nitrogens with zero attached hydrogens (tertiary/aromatic N) is 1. The van der Waals surface area contributed by atoms with Crippen LogP contribution >= 0.6 is 7.82 Å². The fourth-order valence-electron chi connectivity index (χ4n) is 10.3. The summed E-state index contributed by atoms with van der Waals surface area (Å²) in [6.07, 6.45) is 80.5. The number of hydrogen-bond acceptors (Lipinski definition) is 8. The van der Waals surface area contributed by atoms with Gasteiger partial charge >= 0.3 is 11.9 Å². The van der Waals surface area contributed by atoms with Crippen molar-refractivity contribution in [2.75, 3.05) is 47.5 Å². The van der Waals surface area contributed by atoms with Crippen LogP contribution in [-0.4, -0.2) is 70.0 Å². The fourth-order valence-corrected chi connectivity index (χ4v) is 11.0. The Morgan fingerprint density at radius 1 is 0.395 bits per heavy atom. The van der Waals surface area contributed by atoms with E-state index in [9.17, 15) is 19.0 Å². The maximum atomic E-state index is 12.9. The molecule has 476 valence electrons. The summed E-state index contributed by atoms with van der Waals surface area (Å²) in [5.41, 5.74) is 0. The number of rotatable bonds is 65. The van der Waals surface area contributed by atoms with Gasteiger partial charge in [-0.2, -0.15) is 0 Å². The Kier molecular flexibility index (Phi) is 60.9. The maximum Gasteiger partial charge on any atom is 0.306 e. The van der Waals surface area contributed by atoms with Gasteiger partial charge in [0.2, 0.25) is 0 Å². The quantitative estimate of drug-likeness (QED) is 0.0195. The number of phosphoric ester groups is 1. The molecule has 0 fully saturated rings. The minimum absolute atomic E-state index is 0.0283. The first-order valence-corrected chi connectivity index (χ1v) is 36.3. The summed E-state index contributed by atoms with van der Waals surface area (Å²) in [6.45, 7) is 4.20. The third-order valence-corrected chi connectivity index (χ3v) is 16.6. The third kappa shape index (κ3) is 67.0. The Labute approximate surface area is 503 Å². The molecule has 2 unspecified atom stereocenters. The molecule has 2 atom stereocenters. The summed E-state index contributed by atoms with van der Waals surface area (Å²) >= 11 is 0. The highest BCUT2D eigenvalue weighted by Crippen LogP contribution is 2.38. The van der Waals surface area contributed by atoms with Gasteiger partial charge in [0.1, 0.15) is 19.8 Å². The van der Waals surface area contributed by atoms with E-state index >= 15 is 0 Å². The van der Waals surface area contributed by atoms with Crippen LogP contribution in [0.1, 0.15) is 341 Å². The van der Waals surface area contributed by atoms with E-state index in [0.717, 1.165) is 57.8 Å². The topological polar surface area (TPSA) is 111 Å². The van der Waals surface area contributed by atoms with Crippen LogP contribution < -0.4 is 4.89 Å². The number of quaternary nitrogens is 1. The van der Waals surface area contributed by atoms with Gasteiger partial charge in [-0.1, -0.05) is 326 Å². The van der Waals surface area contributed by atoms with E-state index in [-0.39, 0.29) is 32.0 Å². The van der Waals surface area contributed by atoms with Crippen LogP contribution in [0.3, 0.4) is 0 Å². The van der Waals surface area contributed by atoms with Crippen molar-refractivity contribution < 1.29 is 42.1 Å². The summed E-state index contributed by atoms with van der Waals surface area (Å²) in [5, 5.41) is 0. The van der Waals surface area contributed by atoms with Crippen molar-refractivity contribution in [3.05, 3.63) is 48.6 Å². The Bertz CT molecular complexity index is 1510. The first-order chi connectivity index (χ1) is 39.5. The average molecular weight is 1160 g/mol. The molecule has 0 aromatic heterocycles. The molecule has 0 amide bonds. The smallest absolute Gasteiger partial charge is 0.306 e. The lowest BCUT2D eigenvalue weighted by Gasteiger charge is -2.28. The number of allylic oxidation sites excluding steroid dienone is 8. The van der Waals surface area contributed by atoms with Gasteiger partial charge in [-0.05, 0) is 51.4 Å². The predicted molar refractivity (Wildman–Crippen MR) is 347 cm³/mol. The maximum absolute atomic E-state index is 12.9. The summed E-state index contributed by atoms with van der Waals surface area (Å²) in [6, 6.07) is 0. The second-order valence-electron chi connectivity index (χ2n) is 24.9. The minimum atomic E-state index is -4.64. The number of esters is 2. The van der Waals surface area contributed by atoms with Crippen molar-refractivity contribution in [3.63, 3.8) is 0 Å². The van der Waals surface area contributed by atoms with E-state index in [1.165, 1.54) is 250 Å². The van der Waals surface area contributed by atoms with Crippen LogP contribution in [0.5, 0.6) is 0 Å². The van der Waals surface area contributed by atoms with E-state index in [2.05, 4.69) is 62.5 Å². The number of carbonyl (C=O) groups excluding carboxylic acids is 2. The van der Waals surface area contributed by atoms with Crippen molar-refractivity contribution >= 4 is 19.8 Å². The molecule has 0 saturated heterocycles. The summed E-state index contributed by atoms with van der Waals surface area (Å²) in [7, 11) is 1.18. The molecule has 0 heterocycles. The van der Waals surface area contributed by atoms with Crippen molar-refractivity contribution in [3.8, 4) is 0 Å². The molecule has 10 heteroatoms. The van der Waals surface area contributed by atoms with Crippen LogP contribution in [0.15, 0.2) is 48.6 Å². The molecule has 0 aliphatic carbocycles.